The van der Waals surface area contributed by atoms with Gasteiger partial charge in [-0.1, -0.05) is 0 Å². The van der Waals surface area contributed by atoms with E-state index in [1.165, 1.54) is 17.5 Å². The SMILES string of the molecule is Cc1cc(NC(=O)c2cc(Br)c(Br)s2)ncc1N. The largest absolute Gasteiger partial charge is 0.397 e. The predicted octanol–water partition coefficient (Wildman–Crippen LogP) is 3.81. The fourth-order valence-corrected chi connectivity index (χ4v) is 3.20. The van der Waals surface area contributed by atoms with Crippen molar-refractivity contribution in [1.29, 1.82) is 0 Å². The number of hydrogen-bond acceptors (Lipinski definition) is 4. The second-order valence-corrected chi connectivity index (χ2v) is 6.84. The average molecular weight is 391 g/mol. The first-order chi connectivity index (χ1) is 8.47. The van der Waals surface area contributed by atoms with Crippen molar-refractivity contribution in [3.63, 3.8) is 0 Å². The lowest BCUT2D eigenvalue weighted by atomic mass is 10.2. The number of carbonyl (C=O) groups excluding carboxylic acids is 1. The van der Waals surface area contributed by atoms with Gasteiger partial charge in [-0.2, -0.15) is 0 Å². The van der Waals surface area contributed by atoms with E-state index in [0.29, 0.717) is 16.4 Å². The summed E-state index contributed by atoms with van der Waals surface area (Å²) in [6.45, 7) is 1.87. The van der Waals surface area contributed by atoms with E-state index in [-0.39, 0.29) is 5.91 Å². The number of thiophene rings is 1. The van der Waals surface area contributed by atoms with Crippen LogP contribution in [-0.2, 0) is 0 Å². The Morgan fingerprint density at radius 3 is 2.72 bits per heavy atom. The molecule has 0 aliphatic heterocycles. The lowest BCUT2D eigenvalue weighted by molar-refractivity contribution is 0.103. The molecular formula is C11H9Br2N3OS. The van der Waals surface area contributed by atoms with E-state index in [2.05, 4.69) is 42.2 Å². The van der Waals surface area contributed by atoms with Crippen molar-refractivity contribution < 1.29 is 4.79 Å². The van der Waals surface area contributed by atoms with Crippen LogP contribution in [0.4, 0.5) is 11.5 Å². The zero-order valence-electron chi connectivity index (χ0n) is 9.33. The zero-order chi connectivity index (χ0) is 13.3. The van der Waals surface area contributed by atoms with E-state index in [1.54, 1.807) is 12.1 Å². The maximum absolute atomic E-state index is 12.0. The van der Waals surface area contributed by atoms with Gasteiger partial charge in [0, 0.05) is 4.47 Å². The number of nitrogen functional groups attached to an aromatic ring is 1. The predicted molar refractivity (Wildman–Crippen MR) is 81.1 cm³/mol. The second kappa shape index (κ2) is 5.38. The molecule has 2 heterocycles. The first-order valence-electron chi connectivity index (χ1n) is 4.95. The van der Waals surface area contributed by atoms with Crippen LogP contribution in [0.15, 0.2) is 26.6 Å². The van der Waals surface area contributed by atoms with Gasteiger partial charge in [-0.3, -0.25) is 4.79 Å². The van der Waals surface area contributed by atoms with Gasteiger partial charge in [0.15, 0.2) is 0 Å². The molecule has 0 saturated carbocycles. The quantitative estimate of drug-likeness (QED) is 0.819. The fourth-order valence-electron chi connectivity index (χ4n) is 1.27. The highest BCUT2D eigenvalue weighted by Gasteiger charge is 2.12. The Labute approximate surface area is 125 Å². The summed E-state index contributed by atoms with van der Waals surface area (Å²) in [5.41, 5.74) is 7.16. The molecule has 4 nitrogen and oxygen atoms in total. The number of nitrogens with two attached hydrogens (primary N) is 1. The van der Waals surface area contributed by atoms with Gasteiger partial charge in [0.25, 0.3) is 5.91 Å². The molecule has 2 aromatic heterocycles. The van der Waals surface area contributed by atoms with Crippen molar-refractivity contribution in [2.75, 3.05) is 11.1 Å². The molecule has 0 bridgehead atoms. The van der Waals surface area contributed by atoms with Gasteiger partial charge in [-0.15, -0.1) is 11.3 Å². The standard InChI is InChI=1S/C11H9Br2N3OS/c1-5-2-9(15-4-7(5)14)16-11(17)8-3-6(12)10(13)18-8/h2-4H,14H2,1H3,(H,15,16,17). The molecule has 0 radical (unpaired) electrons. The molecule has 0 saturated heterocycles. The molecule has 0 spiro atoms. The van der Waals surface area contributed by atoms with Gasteiger partial charge >= 0.3 is 0 Å². The van der Waals surface area contributed by atoms with Crippen molar-refractivity contribution in [2.24, 2.45) is 0 Å². The minimum Gasteiger partial charge on any atom is -0.397 e. The van der Waals surface area contributed by atoms with Crippen molar-refractivity contribution in [3.05, 3.63) is 37.0 Å². The molecule has 18 heavy (non-hydrogen) atoms. The van der Waals surface area contributed by atoms with Gasteiger partial charge in [0.2, 0.25) is 0 Å². The molecule has 7 heteroatoms. The van der Waals surface area contributed by atoms with Gasteiger partial charge in [-0.05, 0) is 56.5 Å². The summed E-state index contributed by atoms with van der Waals surface area (Å²) < 4.78 is 1.74. The van der Waals surface area contributed by atoms with E-state index in [1.807, 2.05) is 6.92 Å². The minimum atomic E-state index is -0.192. The van der Waals surface area contributed by atoms with E-state index < -0.39 is 0 Å². The summed E-state index contributed by atoms with van der Waals surface area (Å²) in [7, 11) is 0. The maximum Gasteiger partial charge on any atom is 0.266 e. The van der Waals surface area contributed by atoms with Crippen LogP contribution in [0.3, 0.4) is 0 Å². The molecule has 0 fully saturated rings. The highest BCUT2D eigenvalue weighted by molar-refractivity contribution is 9.13. The van der Waals surface area contributed by atoms with E-state index in [0.717, 1.165) is 13.8 Å². The lowest BCUT2D eigenvalue weighted by Crippen LogP contribution is -2.11. The van der Waals surface area contributed by atoms with Crippen LogP contribution in [-0.4, -0.2) is 10.9 Å². The summed E-state index contributed by atoms with van der Waals surface area (Å²) >= 11 is 8.05. The molecule has 1 amide bonds. The normalized spacial score (nSPS) is 10.4. The van der Waals surface area contributed by atoms with Crippen LogP contribution in [0.25, 0.3) is 0 Å². The van der Waals surface area contributed by atoms with E-state index in [4.69, 9.17) is 5.73 Å². The Morgan fingerprint density at radius 2 is 2.17 bits per heavy atom. The maximum atomic E-state index is 12.0. The number of hydrogen-bond donors (Lipinski definition) is 2. The molecule has 0 unspecified atom stereocenters. The van der Waals surface area contributed by atoms with Crippen LogP contribution < -0.4 is 11.1 Å². The molecule has 0 aliphatic rings. The molecule has 0 aromatic carbocycles. The number of carbonyl (C=O) groups is 1. The molecule has 0 aliphatic carbocycles. The van der Waals surface area contributed by atoms with Gasteiger partial charge in [0.1, 0.15) is 5.82 Å². The van der Waals surface area contributed by atoms with Gasteiger partial charge in [-0.25, -0.2) is 4.98 Å². The summed E-state index contributed by atoms with van der Waals surface area (Å²) in [5, 5.41) is 2.73. The molecule has 3 N–H and O–H groups in total. The number of amides is 1. The minimum absolute atomic E-state index is 0.192. The van der Waals surface area contributed by atoms with Gasteiger partial charge < -0.3 is 11.1 Å². The Morgan fingerprint density at radius 1 is 1.44 bits per heavy atom. The van der Waals surface area contributed by atoms with Crippen LogP contribution in [0, 0.1) is 6.92 Å². The number of nitrogens with zero attached hydrogens (tertiary/aromatic N) is 1. The Kier molecular flexibility index (Phi) is 4.04. The summed E-state index contributed by atoms with van der Waals surface area (Å²) in [5.74, 6) is 0.301. The fraction of sp³-hybridized carbons (Fsp3) is 0.0909. The van der Waals surface area contributed by atoms with Gasteiger partial charge in [0.05, 0.1) is 20.5 Å². The van der Waals surface area contributed by atoms with Crippen LogP contribution in [0.1, 0.15) is 15.2 Å². The van der Waals surface area contributed by atoms with Crippen LogP contribution in [0.5, 0.6) is 0 Å². The molecular weight excluding hydrogens is 382 g/mol. The topological polar surface area (TPSA) is 68.0 Å². The lowest BCUT2D eigenvalue weighted by Gasteiger charge is -2.05. The van der Waals surface area contributed by atoms with E-state index >= 15 is 0 Å². The summed E-state index contributed by atoms with van der Waals surface area (Å²) in [4.78, 5) is 16.6. The summed E-state index contributed by atoms with van der Waals surface area (Å²) in [6, 6.07) is 3.50. The van der Waals surface area contributed by atoms with Crippen molar-refractivity contribution in [1.82, 2.24) is 4.98 Å². The number of pyridine rings is 1. The van der Waals surface area contributed by atoms with E-state index in [9.17, 15) is 4.79 Å². The molecule has 94 valence electrons. The molecule has 2 aromatic rings. The molecule has 2 rings (SSSR count). The number of anilines is 2. The number of halogens is 2. The first kappa shape index (κ1) is 13.5. The van der Waals surface area contributed by atoms with Crippen LogP contribution in [0.2, 0.25) is 0 Å². The number of aromatic nitrogens is 1. The molecule has 0 atom stereocenters. The highest BCUT2D eigenvalue weighted by Crippen LogP contribution is 2.32. The Hall–Kier alpha value is -0.920. The second-order valence-electron chi connectivity index (χ2n) is 3.61. The average Bonchev–Trinajstić information content (AvgIpc) is 2.65. The number of aryl methyl sites for hydroxylation is 1. The monoisotopic (exact) mass is 389 g/mol. The van der Waals surface area contributed by atoms with Crippen molar-refractivity contribution in [2.45, 2.75) is 6.92 Å². The first-order valence-corrected chi connectivity index (χ1v) is 7.36. The van der Waals surface area contributed by atoms with Crippen molar-refractivity contribution in [3.8, 4) is 0 Å². The Balaban J connectivity index is 2.18. The summed E-state index contributed by atoms with van der Waals surface area (Å²) in [6.07, 6.45) is 1.53. The Bertz CT molecular complexity index is 593. The zero-order valence-corrected chi connectivity index (χ0v) is 13.3. The third kappa shape index (κ3) is 2.90. The third-order valence-electron chi connectivity index (χ3n) is 2.26. The van der Waals surface area contributed by atoms with Crippen LogP contribution >= 0.6 is 43.2 Å². The number of rotatable bonds is 2. The highest BCUT2D eigenvalue weighted by atomic mass is 79.9. The smallest absolute Gasteiger partial charge is 0.266 e. The van der Waals surface area contributed by atoms with Crippen molar-refractivity contribution >= 4 is 60.6 Å². The number of nitrogens with one attached hydrogen (secondary N) is 1. The third-order valence-corrected chi connectivity index (χ3v) is 5.52.